The van der Waals surface area contributed by atoms with Crippen molar-refractivity contribution in [2.45, 2.75) is 26.1 Å². The van der Waals surface area contributed by atoms with E-state index in [9.17, 15) is 18.0 Å². The summed E-state index contributed by atoms with van der Waals surface area (Å²) in [4.78, 5) is 24.0. The molecule has 10 heteroatoms. The minimum Gasteiger partial charge on any atom is -0.475 e. The van der Waals surface area contributed by atoms with Gasteiger partial charge in [-0.1, -0.05) is 42.5 Å². The number of nitrogens with one attached hydrogen (secondary N) is 3. The predicted octanol–water partition coefficient (Wildman–Crippen LogP) is 4.05. The number of fused-ring (bicyclic) bond motifs is 1. The molecule has 0 atom stereocenters. The maximum atomic E-state index is 11.6. The molecule has 0 unspecified atom stereocenters. The lowest BCUT2D eigenvalue weighted by atomic mass is 10.1. The zero-order valence-corrected chi connectivity index (χ0v) is 19.7. The average molecular weight is 491 g/mol. The highest BCUT2D eigenvalue weighted by Crippen LogP contribution is 2.22. The molecule has 2 aromatic carbocycles. The first-order valence-electron chi connectivity index (χ1n) is 10.8. The van der Waals surface area contributed by atoms with Crippen LogP contribution in [0.3, 0.4) is 0 Å². The first-order valence-corrected chi connectivity index (χ1v) is 10.8. The van der Waals surface area contributed by atoms with Crippen LogP contribution in [0, 0.1) is 6.92 Å². The van der Waals surface area contributed by atoms with Crippen LogP contribution in [0.1, 0.15) is 22.4 Å². The number of carbonyl (C=O) groups excluding carboxylic acids is 1. The number of carboxylic acid groups (broad SMARTS) is 1. The Hall–Kier alpha value is -3.63. The molecular formula is C25H29F3N4O3. The molecule has 0 saturated heterocycles. The summed E-state index contributed by atoms with van der Waals surface area (Å²) >= 11 is 0. The summed E-state index contributed by atoms with van der Waals surface area (Å²) in [6, 6.07) is 16.7. The largest absolute Gasteiger partial charge is 0.490 e. The first-order chi connectivity index (χ1) is 16.5. The van der Waals surface area contributed by atoms with Crippen molar-refractivity contribution < 1.29 is 27.9 Å². The highest BCUT2D eigenvalue weighted by Gasteiger charge is 2.38. The molecule has 1 amide bonds. The van der Waals surface area contributed by atoms with Gasteiger partial charge in [-0.2, -0.15) is 13.2 Å². The number of aliphatic carboxylic acids is 1. The van der Waals surface area contributed by atoms with E-state index in [-0.39, 0.29) is 5.91 Å². The van der Waals surface area contributed by atoms with Gasteiger partial charge in [0.25, 0.3) is 5.91 Å². The third-order valence-electron chi connectivity index (χ3n) is 4.89. The van der Waals surface area contributed by atoms with E-state index in [0.29, 0.717) is 0 Å². The summed E-state index contributed by atoms with van der Waals surface area (Å²) in [6.45, 7) is 3.89. The van der Waals surface area contributed by atoms with Gasteiger partial charge in [-0.3, -0.25) is 10.2 Å². The number of aryl methyl sites for hydroxylation is 1. The molecule has 1 aromatic heterocycles. The molecule has 188 valence electrons. The number of rotatable bonds is 8. The van der Waals surface area contributed by atoms with Gasteiger partial charge >= 0.3 is 12.1 Å². The van der Waals surface area contributed by atoms with Gasteiger partial charge in [-0.05, 0) is 48.7 Å². The highest BCUT2D eigenvalue weighted by molar-refractivity contribution is 5.91. The quantitative estimate of drug-likeness (QED) is 0.217. The molecule has 0 aliphatic carbocycles. The molecule has 0 aliphatic rings. The lowest BCUT2D eigenvalue weighted by Crippen LogP contribution is -2.34. The number of carbonyl (C=O) groups is 2. The van der Waals surface area contributed by atoms with Gasteiger partial charge in [0.15, 0.2) is 0 Å². The van der Waals surface area contributed by atoms with E-state index in [1.54, 1.807) is 19.1 Å². The lowest BCUT2D eigenvalue weighted by molar-refractivity contribution is -0.192. The van der Waals surface area contributed by atoms with Gasteiger partial charge in [0.2, 0.25) is 0 Å². The Kier molecular flexibility index (Phi) is 10.0. The van der Waals surface area contributed by atoms with E-state index in [0.717, 1.165) is 25.1 Å². The van der Waals surface area contributed by atoms with Crippen molar-refractivity contribution >= 4 is 28.9 Å². The molecular weight excluding hydrogens is 461 g/mol. The van der Waals surface area contributed by atoms with Crippen molar-refractivity contribution in [3.8, 4) is 0 Å². The second-order valence-corrected chi connectivity index (χ2v) is 7.95. The van der Waals surface area contributed by atoms with Gasteiger partial charge in [0.05, 0.1) is 0 Å². The number of aromatic nitrogens is 1. The van der Waals surface area contributed by atoms with Crippen molar-refractivity contribution in [3.63, 3.8) is 0 Å². The average Bonchev–Trinajstić information content (AvgIpc) is 3.10. The van der Waals surface area contributed by atoms with Gasteiger partial charge in [0, 0.05) is 43.3 Å². The Balaban J connectivity index is 0.000000540. The number of hydrazine groups is 1. The van der Waals surface area contributed by atoms with Crippen molar-refractivity contribution in [2.75, 3.05) is 20.6 Å². The molecule has 1 heterocycles. The first kappa shape index (κ1) is 27.6. The van der Waals surface area contributed by atoms with Crippen LogP contribution in [0.15, 0.2) is 54.6 Å². The Morgan fingerprint density at radius 1 is 1.09 bits per heavy atom. The summed E-state index contributed by atoms with van der Waals surface area (Å²) in [5.41, 5.74) is 8.76. The van der Waals surface area contributed by atoms with E-state index < -0.39 is 12.1 Å². The summed E-state index contributed by atoms with van der Waals surface area (Å²) < 4.78 is 31.7. The Bertz CT molecular complexity index is 1150. The van der Waals surface area contributed by atoms with Crippen LogP contribution in [0.5, 0.6) is 0 Å². The minimum atomic E-state index is -5.08. The maximum absolute atomic E-state index is 11.6. The third kappa shape index (κ3) is 9.26. The van der Waals surface area contributed by atoms with Gasteiger partial charge in [0.1, 0.15) is 0 Å². The molecule has 0 fully saturated rings. The Labute approximate surface area is 201 Å². The van der Waals surface area contributed by atoms with E-state index in [1.807, 2.05) is 18.2 Å². The standard InChI is InChI=1S/C23H28N4O.C2HF3O2/c1-17-20(21-6-4-5-7-22(21)25-17)14-15-24-16-19-10-8-18(9-11-19)12-13-23(28)26-27(2)3;3-2(4,5)1(6)7/h4-13,24-25H,14-16H2,1-3H3,(H,26,28);(H,6,7)/b13-12+;. The number of para-hydroxylation sites is 1. The van der Waals surface area contributed by atoms with Crippen molar-refractivity contribution in [3.05, 3.63) is 77.0 Å². The molecule has 0 bridgehead atoms. The lowest BCUT2D eigenvalue weighted by Gasteiger charge is -2.09. The summed E-state index contributed by atoms with van der Waals surface area (Å²) in [5, 5.41) is 13.6. The SMILES string of the molecule is Cc1[nH]c2ccccc2c1CCNCc1ccc(/C=C/C(=O)NN(C)C)cc1.O=C(O)C(F)(F)F. The molecule has 7 nitrogen and oxygen atoms in total. The molecule has 0 saturated carbocycles. The zero-order valence-electron chi connectivity index (χ0n) is 19.7. The Morgan fingerprint density at radius 3 is 2.31 bits per heavy atom. The number of H-pyrrole nitrogens is 1. The predicted molar refractivity (Wildman–Crippen MR) is 129 cm³/mol. The zero-order chi connectivity index (χ0) is 26.0. The van der Waals surface area contributed by atoms with E-state index in [4.69, 9.17) is 9.90 Å². The monoisotopic (exact) mass is 490 g/mol. The Morgan fingerprint density at radius 2 is 1.71 bits per heavy atom. The molecule has 3 aromatic rings. The fourth-order valence-electron chi connectivity index (χ4n) is 3.28. The van der Waals surface area contributed by atoms with Crippen LogP contribution in [-0.2, 0) is 22.6 Å². The number of benzene rings is 2. The number of halogens is 3. The van der Waals surface area contributed by atoms with E-state index in [1.165, 1.54) is 33.8 Å². The number of alkyl halides is 3. The van der Waals surface area contributed by atoms with E-state index in [2.05, 4.69) is 59.0 Å². The van der Waals surface area contributed by atoms with Crippen LogP contribution in [0.2, 0.25) is 0 Å². The number of hydrogen-bond donors (Lipinski definition) is 4. The maximum Gasteiger partial charge on any atom is 0.490 e. The van der Waals surface area contributed by atoms with Crippen LogP contribution >= 0.6 is 0 Å². The van der Waals surface area contributed by atoms with Crippen molar-refractivity contribution in [2.24, 2.45) is 0 Å². The second-order valence-electron chi connectivity index (χ2n) is 7.95. The van der Waals surface area contributed by atoms with Crippen LogP contribution in [0.4, 0.5) is 13.2 Å². The fourth-order valence-corrected chi connectivity index (χ4v) is 3.28. The van der Waals surface area contributed by atoms with Crippen LogP contribution < -0.4 is 10.7 Å². The number of amides is 1. The molecule has 0 radical (unpaired) electrons. The number of carboxylic acids is 1. The number of nitrogens with zero attached hydrogens (tertiary/aromatic N) is 1. The normalized spacial score (nSPS) is 11.5. The second kappa shape index (κ2) is 12.7. The molecule has 0 spiro atoms. The minimum absolute atomic E-state index is 0.136. The molecule has 0 aliphatic heterocycles. The van der Waals surface area contributed by atoms with Crippen molar-refractivity contribution in [1.29, 1.82) is 0 Å². The summed E-state index contributed by atoms with van der Waals surface area (Å²) in [6.07, 6.45) is -0.732. The summed E-state index contributed by atoms with van der Waals surface area (Å²) in [5.74, 6) is -2.89. The summed E-state index contributed by atoms with van der Waals surface area (Å²) in [7, 11) is 3.57. The van der Waals surface area contributed by atoms with Gasteiger partial charge in [-0.25, -0.2) is 9.80 Å². The van der Waals surface area contributed by atoms with Crippen molar-refractivity contribution in [1.82, 2.24) is 20.7 Å². The molecule has 3 rings (SSSR count). The third-order valence-corrected chi connectivity index (χ3v) is 4.89. The molecule has 4 N–H and O–H groups in total. The number of hydrogen-bond acceptors (Lipinski definition) is 4. The highest BCUT2D eigenvalue weighted by atomic mass is 19.4. The fraction of sp³-hybridized carbons (Fsp3) is 0.280. The smallest absolute Gasteiger partial charge is 0.475 e. The van der Waals surface area contributed by atoms with Gasteiger partial charge < -0.3 is 15.4 Å². The van der Waals surface area contributed by atoms with Gasteiger partial charge in [-0.15, -0.1) is 0 Å². The van der Waals surface area contributed by atoms with E-state index >= 15 is 0 Å². The molecule has 35 heavy (non-hydrogen) atoms. The van der Waals surface area contributed by atoms with Crippen LogP contribution in [-0.4, -0.2) is 53.8 Å². The van der Waals surface area contributed by atoms with Crippen LogP contribution in [0.25, 0.3) is 17.0 Å². The topological polar surface area (TPSA) is 97.5 Å². The number of aromatic amines is 1.